The normalized spacial score (nSPS) is 10.7. The molecule has 1 amide bonds. The third-order valence-corrected chi connectivity index (χ3v) is 4.05. The van der Waals surface area contributed by atoms with Crippen molar-refractivity contribution in [2.45, 2.75) is 20.3 Å². The van der Waals surface area contributed by atoms with E-state index in [0.29, 0.717) is 19.6 Å². The molecule has 0 unspecified atom stereocenters. The monoisotopic (exact) mass is 368 g/mol. The molecule has 8 heteroatoms. The van der Waals surface area contributed by atoms with Crippen LogP contribution in [0.4, 0.5) is 5.69 Å². The number of pyridine rings is 1. The van der Waals surface area contributed by atoms with E-state index in [1.807, 2.05) is 35.9 Å². The smallest absolute Gasteiger partial charge is 0.311 e. The third kappa shape index (κ3) is 4.22. The van der Waals surface area contributed by atoms with Crippen LogP contribution >= 0.6 is 0 Å². The maximum absolute atomic E-state index is 12.3. The van der Waals surface area contributed by atoms with Gasteiger partial charge in [-0.25, -0.2) is 4.98 Å². The third-order valence-electron chi connectivity index (χ3n) is 4.05. The average Bonchev–Trinajstić information content (AvgIpc) is 3.03. The summed E-state index contributed by atoms with van der Waals surface area (Å²) >= 11 is 0. The molecule has 0 bridgehead atoms. The molecule has 3 rings (SSSR count). The Balaban J connectivity index is 1.64. The molecular weight excluding hydrogens is 348 g/mol. The second kappa shape index (κ2) is 7.86. The van der Waals surface area contributed by atoms with Crippen LogP contribution in [0, 0.1) is 17.0 Å². The molecule has 140 valence electrons. The maximum Gasteiger partial charge on any atom is 0.311 e. The molecule has 0 aliphatic carbocycles. The Morgan fingerprint density at radius 1 is 1.33 bits per heavy atom. The van der Waals surface area contributed by atoms with Crippen LogP contribution < -0.4 is 10.1 Å². The number of ether oxygens (including phenoxy) is 1. The van der Waals surface area contributed by atoms with Gasteiger partial charge >= 0.3 is 5.69 Å². The van der Waals surface area contributed by atoms with E-state index >= 15 is 0 Å². The number of nitro benzene ring substituents is 1. The van der Waals surface area contributed by atoms with Crippen LogP contribution in [0.2, 0.25) is 0 Å². The van der Waals surface area contributed by atoms with E-state index in [1.54, 1.807) is 6.92 Å². The summed E-state index contributed by atoms with van der Waals surface area (Å²) in [4.78, 5) is 27.4. The molecule has 8 nitrogen and oxygen atoms in total. The van der Waals surface area contributed by atoms with Crippen molar-refractivity contribution in [3.63, 3.8) is 0 Å². The molecule has 0 fully saturated rings. The van der Waals surface area contributed by atoms with Crippen molar-refractivity contribution in [1.29, 1.82) is 0 Å². The van der Waals surface area contributed by atoms with E-state index in [9.17, 15) is 14.9 Å². The van der Waals surface area contributed by atoms with E-state index in [-0.39, 0.29) is 22.9 Å². The molecule has 1 aromatic carbocycles. The van der Waals surface area contributed by atoms with Crippen molar-refractivity contribution in [2.24, 2.45) is 0 Å². The summed E-state index contributed by atoms with van der Waals surface area (Å²) in [6.07, 6.45) is 4.42. The molecule has 0 spiro atoms. The lowest BCUT2D eigenvalue weighted by Gasteiger charge is -2.07. The first-order valence-electron chi connectivity index (χ1n) is 8.61. The van der Waals surface area contributed by atoms with Gasteiger partial charge in [-0.3, -0.25) is 14.9 Å². The zero-order chi connectivity index (χ0) is 19.4. The number of nitro groups is 1. The molecule has 0 radical (unpaired) electrons. The zero-order valence-corrected chi connectivity index (χ0v) is 15.1. The summed E-state index contributed by atoms with van der Waals surface area (Å²) in [5, 5.41) is 13.9. The highest BCUT2D eigenvalue weighted by Crippen LogP contribution is 2.27. The molecule has 1 N–H and O–H groups in total. The van der Waals surface area contributed by atoms with Crippen LogP contribution in [0.1, 0.15) is 28.5 Å². The molecule has 2 aromatic heterocycles. The lowest BCUT2D eigenvalue weighted by atomic mass is 10.1. The number of hydrogen-bond acceptors (Lipinski definition) is 5. The van der Waals surface area contributed by atoms with Gasteiger partial charge in [0, 0.05) is 37.0 Å². The van der Waals surface area contributed by atoms with Gasteiger partial charge in [-0.1, -0.05) is 0 Å². The molecule has 0 atom stereocenters. The first kappa shape index (κ1) is 18.4. The van der Waals surface area contributed by atoms with Gasteiger partial charge in [-0.05, 0) is 43.7 Å². The largest absolute Gasteiger partial charge is 0.487 e. The first-order chi connectivity index (χ1) is 13.0. The van der Waals surface area contributed by atoms with Crippen molar-refractivity contribution in [1.82, 2.24) is 14.7 Å². The van der Waals surface area contributed by atoms with Crippen molar-refractivity contribution >= 4 is 17.2 Å². The van der Waals surface area contributed by atoms with Gasteiger partial charge in [0.25, 0.3) is 5.91 Å². The molecular formula is C19H20N4O4. The minimum absolute atomic E-state index is 0.152. The maximum atomic E-state index is 12.3. The number of fused-ring (bicyclic) bond motifs is 1. The number of amides is 1. The molecule has 27 heavy (non-hydrogen) atoms. The van der Waals surface area contributed by atoms with Gasteiger partial charge in [0.05, 0.1) is 17.2 Å². The van der Waals surface area contributed by atoms with Gasteiger partial charge in [-0.15, -0.1) is 0 Å². The zero-order valence-electron chi connectivity index (χ0n) is 15.1. The fourth-order valence-electron chi connectivity index (χ4n) is 2.74. The van der Waals surface area contributed by atoms with Crippen LogP contribution in [0.5, 0.6) is 5.75 Å². The average molecular weight is 368 g/mol. The molecule has 0 aliphatic rings. The number of nitrogens with zero attached hydrogens (tertiary/aromatic N) is 3. The van der Waals surface area contributed by atoms with Crippen LogP contribution in [0.3, 0.4) is 0 Å². The minimum Gasteiger partial charge on any atom is -0.487 e. The number of imidazole rings is 1. The summed E-state index contributed by atoms with van der Waals surface area (Å²) in [5.41, 5.74) is 2.85. The van der Waals surface area contributed by atoms with Gasteiger partial charge in [0.1, 0.15) is 5.65 Å². The fraction of sp³-hybridized carbons (Fsp3) is 0.263. The summed E-state index contributed by atoms with van der Waals surface area (Å²) in [6.45, 7) is 4.43. The Bertz CT molecular complexity index is 997. The van der Waals surface area contributed by atoms with E-state index < -0.39 is 4.92 Å². The Kier molecular flexibility index (Phi) is 5.35. The highest BCUT2D eigenvalue weighted by molar-refractivity contribution is 5.95. The molecule has 0 aliphatic heterocycles. The number of aryl methyl sites for hydroxylation is 1. The Morgan fingerprint density at radius 2 is 2.15 bits per heavy atom. The second-order valence-electron chi connectivity index (χ2n) is 6.08. The van der Waals surface area contributed by atoms with Crippen molar-refractivity contribution in [2.75, 3.05) is 13.2 Å². The Labute approximate surface area is 155 Å². The predicted octanol–water partition coefficient (Wildman–Crippen LogP) is 2.92. The van der Waals surface area contributed by atoms with Crippen LogP contribution in [-0.4, -0.2) is 33.4 Å². The van der Waals surface area contributed by atoms with E-state index in [4.69, 9.17) is 4.74 Å². The number of nitrogens with one attached hydrogen (secondary N) is 1. The van der Waals surface area contributed by atoms with Crippen molar-refractivity contribution in [3.8, 4) is 5.75 Å². The van der Waals surface area contributed by atoms with Gasteiger partial charge in [0.2, 0.25) is 0 Å². The van der Waals surface area contributed by atoms with E-state index in [1.165, 1.54) is 18.2 Å². The standard InChI is InChI=1S/C19H20N4O4/c1-3-27-17-5-4-14(11-16(17)23(25)26)19(24)20-8-6-15-12-22-9-7-13(2)10-18(22)21-15/h4-5,7,9-12H,3,6,8H2,1-2H3,(H,20,24). The quantitative estimate of drug-likeness (QED) is 0.511. The number of carbonyl (C=O) groups is 1. The van der Waals surface area contributed by atoms with Crippen molar-refractivity contribution < 1.29 is 14.5 Å². The molecule has 0 saturated carbocycles. The summed E-state index contributed by atoms with van der Waals surface area (Å²) in [6, 6.07) is 8.18. The van der Waals surface area contributed by atoms with Gasteiger partial charge in [-0.2, -0.15) is 0 Å². The number of hydrogen-bond donors (Lipinski definition) is 1. The number of rotatable bonds is 7. The molecule has 3 aromatic rings. The highest BCUT2D eigenvalue weighted by Gasteiger charge is 2.18. The highest BCUT2D eigenvalue weighted by atomic mass is 16.6. The van der Waals surface area contributed by atoms with E-state index in [2.05, 4.69) is 10.3 Å². The Hall–Kier alpha value is -3.42. The number of carbonyl (C=O) groups excluding carboxylic acids is 1. The van der Waals surface area contributed by atoms with E-state index in [0.717, 1.165) is 16.9 Å². The SMILES string of the molecule is CCOc1ccc(C(=O)NCCc2cn3ccc(C)cc3n2)cc1[N+](=O)[O-]. The van der Waals surface area contributed by atoms with Gasteiger partial charge in [0.15, 0.2) is 5.75 Å². The lowest BCUT2D eigenvalue weighted by Crippen LogP contribution is -2.25. The first-order valence-corrected chi connectivity index (χ1v) is 8.61. The fourth-order valence-corrected chi connectivity index (χ4v) is 2.74. The minimum atomic E-state index is -0.555. The lowest BCUT2D eigenvalue weighted by molar-refractivity contribution is -0.385. The topological polar surface area (TPSA) is 98.8 Å². The van der Waals surface area contributed by atoms with Gasteiger partial charge < -0.3 is 14.5 Å². The number of benzene rings is 1. The predicted molar refractivity (Wildman–Crippen MR) is 100 cm³/mol. The summed E-state index contributed by atoms with van der Waals surface area (Å²) in [7, 11) is 0. The van der Waals surface area contributed by atoms with Crippen LogP contribution in [0.15, 0.2) is 42.7 Å². The molecule has 2 heterocycles. The second-order valence-corrected chi connectivity index (χ2v) is 6.08. The molecule has 0 saturated heterocycles. The summed E-state index contributed by atoms with van der Waals surface area (Å²) in [5.74, 6) is -0.222. The van der Waals surface area contributed by atoms with Crippen LogP contribution in [0.25, 0.3) is 5.65 Å². The Morgan fingerprint density at radius 3 is 2.89 bits per heavy atom. The summed E-state index contributed by atoms with van der Waals surface area (Å²) < 4.78 is 7.16. The number of aromatic nitrogens is 2. The van der Waals surface area contributed by atoms with Crippen LogP contribution in [-0.2, 0) is 6.42 Å². The van der Waals surface area contributed by atoms with Crippen molar-refractivity contribution in [3.05, 3.63) is 69.7 Å².